The molecule has 0 heterocycles. The molecule has 1 amide bonds. The third-order valence-corrected chi connectivity index (χ3v) is 3.47. The Labute approximate surface area is 144 Å². The Bertz CT molecular complexity index is 487. The van der Waals surface area contributed by atoms with Crippen LogP contribution in [0.2, 0.25) is 0 Å². The van der Waals surface area contributed by atoms with Crippen LogP contribution in [0.3, 0.4) is 0 Å². The summed E-state index contributed by atoms with van der Waals surface area (Å²) in [6, 6.07) is 9.63. The molecule has 0 fully saturated rings. The number of hydrogen-bond acceptors (Lipinski definition) is 4. The molecule has 0 saturated heterocycles. The summed E-state index contributed by atoms with van der Waals surface area (Å²) in [4.78, 5) is 25.8. The van der Waals surface area contributed by atoms with E-state index in [2.05, 4.69) is 0 Å². The van der Waals surface area contributed by atoms with Gasteiger partial charge in [0.2, 0.25) is 5.91 Å². The van der Waals surface area contributed by atoms with Gasteiger partial charge in [0.25, 0.3) is 0 Å². The Morgan fingerprint density at radius 2 is 1.83 bits per heavy atom. The van der Waals surface area contributed by atoms with Crippen LogP contribution in [0.4, 0.5) is 0 Å². The van der Waals surface area contributed by atoms with Crippen molar-refractivity contribution in [1.29, 1.82) is 0 Å². The van der Waals surface area contributed by atoms with E-state index in [-0.39, 0.29) is 24.4 Å². The summed E-state index contributed by atoms with van der Waals surface area (Å²) in [5, 5.41) is 0. The minimum atomic E-state index is -0.270. The molecule has 0 spiro atoms. The Kier molecular flexibility index (Phi) is 9.77. The van der Waals surface area contributed by atoms with Gasteiger partial charge in [-0.05, 0) is 32.8 Å². The molecule has 5 heteroatoms. The number of hydrogen-bond donors (Lipinski definition) is 0. The first-order valence-corrected chi connectivity index (χ1v) is 8.61. The first-order chi connectivity index (χ1) is 11.5. The van der Waals surface area contributed by atoms with Gasteiger partial charge in [0.1, 0.15) is 0 Å². The largest absolute Gasteiger partial charge is 0.466 e. The van der Waals surface area contributed by atoms with Crippen molar-refractivity contribution >= 4 is 11.9 Å². The van der Waals surface area contributed by atoms with Crippen LogP contribution in [0, 0.1) is 0 Å². The summed E-state index contributed by atoms with van der Waals surface area (Å²) in [6.45, 7) is 7.67. The molecule has 24 heavy (non-hydrogen) atoms. The first-order valence-electron chi connectivity index (χ1n) is 8.61. The topological polar surface area (TPSA) is 55.8 Å². The van der Waals surface area contributed by atoms with Crippen molar-refractivity contribution in [3.05, 3.63) is 35.9 Å². The first kappa shape index (κ1) is 20.2. The van der Waals surface area contributed by atoms with Crippen molar-refractivity contribution in [2.45, 2.75) is 46.1 Å². The van der Waals surface area contributed by atoms with Crippen molar-refractivity contribution in [3.63, 3.8) is 0 Å². The molecule has 0 aliphatic carbocycles. The number of benzene rings is 1. The van der Waals surface area contributed by atoms with Gasteiger partial charge >= 0.3 is 5.97 Å². The van der Waals surface area contributed by atoms with Crippen LogP contribution in [0.5, 0.6) is 0 Å². The maximum Gasteiger partial charge on any atom is 0.307 e. The molecular formula is C19H29NO4. The second kappa shape index (κ2) is 11.6. The zero-order valence-corrected chi connectivity index (χ0v) is 15.0. The Balaban J connectivity index is 2.54. The fourth-order valence-electron chi connectivity index (χ4n) is 2.28. The van der Waals surface area contributed by atoms with E-state index in [9.17, 15) is 9.59 Å². The van der Waals surface area contributed by atoms with Crippen molar-refractivity contribution < 1.29 is 19.1 Å². The molecule has 0 bridgehead atoms. The fraction of sp³-hybridized carbons (Fsp3) is 0.579. The zero-order chi connectivity index (χ0) is 17.8. The standard InChI is InChI=1S/C19H29NO4/c1-4-23-19(22)11-13-20(12-8-14-24-16(2)3)18(21)15-17-9-6-5-7-10-17/h5-7,9-10,16H,4,8,11-15H2,1-3H3. The summed E-state index contributed by atoms with van der Waals surface area (Å²) < 4.78 is 10.5. The average Bonchev–Trinajstić information content (AvgIpc) is 2.55. The monoisotopic (exact) mass is 335 g/mol. The van der Waals surface area contributed by atoms with E-state index in [1.165, 1.54) is 0 Å². The molecular weight excluding hydrogens is 306 g/mol. The van der Waals surface area contributed by atoms with Gasteiger partial charge in [-0.1, -0.05) is 30.3 Å². The number of rotatable bonds is 11. The van der Waals surface area contributed by atoms with E-state index in [0.717, 1.165) is 12.0 Å². The molecule has 0 N–H and O–H groups in total. The van der Waals surface area contributed by atoms with Crippen LogP contribution in [0.25, 0.3) is 0 Å². The number of ether oxygens (including phenoxy) is 2. The van der Waals surface area contributed by atoms with E-state index >= 15 is 0 Å². The lowest BCUT2D eigenvalue weighted by Crippen LogP contribution is -2.35. The minimum absolute atomic E-state index is 0.0232. The normalized spacial score (nSPS) is 10.7. The van der Waals surface area contributed by atoms with Gasteiger partial charge in [0.15, 0.2) is 0 Å². The van der Waals surface area contributed by atoms with Crippen molar-refractivity contribution in [2.24, 2.45) is 0 Å². The molecule has 0 saturated carbocycles. The van der Waals surface area contributed by atoms with Gasteiger partial charge < -0.3 is 14.4 Å². The lowest BCUT2D eigenvalue weighted by Gasteiger charge is -2.23. The third kappa shape index (κ3) is 8.67. The molecule has 0 atom stereocenters. The van der Waals surface area contributed by atoms with Crippen molar-refractivity contribution in [1.82, 2.24) is 4.90 Å². The maximum absolute atomic E-state index is 12.5. The fourth-order valence-corrected chi connectivity index (χ4v) is 2.28. The van der Waals surface area contributed by atoms with Gasteiger partial charge in [0.05, 0.1) is 25.6 Å². The third-order valence-electron chi connectivity index (χ3n) is 3.47. The van der Waals surface area contributed by atoms with Gasteiger partial charge in [-0.15, -0.1) is 0 Å². The number of amides is 1. The van der Waals surface area contributed by atoms with E-state index in [4.69, 9.17) is 9.47 Å². The molecule has 0 aromatic heterocycles. The minimum Gasteiger partial charge on any atom is -0.466 e. The second-order valence-electron chi connectivity index (χ2n) is 5.87. The van der Waals surface area contributed by atoms with Gasteiger partial charge in [-0.3, -0.25) is 9.59 Å². The average molecular weight is 335 g/mol. The van der Waals surface area contributed by atoms with Crippen LogP contribution in [0.15, 0.2) is 30.3 Å². The van der Waals surface area contributed by atoms with Crippen molar-refractivity contribution in [2.75, 3.05) is 26.3 Å². The summed E-state index contributed by atoms with van der Waals surface area (Å²) >= 11 is 0. The lowest BCUT2D eigenvalue weighted by molar-refractivity contribution is -0.144. The Hall–Kier alpha value is -1.88. The lowest BCUT2D eigenvalue weighted by atomic mass is 10.1. The highest BCUT2D eigenvalue weighted by molar-refractivity contribution is 5.79. The summed E-state index contributed by atoms with van der Waals surface area (Å²) in [5.41, 5.74) is 0.974. The van der Waals surface area contributed by atoms with Crippen LogP contribution < -0.4 is 0 Å². The van der Waals surface area contributed by atoms with E-state index in [1.807, 2.05) is 44.2 Å². The molecule has 134 valence electrons. The summed E-state index contributed by atoms with van der Waals surface area (Å²) in [6.07, 6.45) is 1.49. The highest BCUT2D eigenvalue weighted by atomic mass is 16.5. The highest BCUT2D eigenvalue weighted by Gasteiger charge is 2.16. The molecule has 0 aliphatic rings. The van der Waals surface area contributed by atoms with E-state index < -0.39 is 0 Å². The van der Waals surface area contributed by atoms with Gasteiger partial charge in [-0.2, -0.15) is 0 Å². The van der Waals surface area contributed by atoms with Crippen LogP contribution in [-0.2, 0) is 25.5 Å². The van der Waals surface area contributed by atoms with Crippen molar-refractivity contribution in [3.8, 4) is 0 Å². The molecule has 1 aromatic carbocycles. The number of nitrogens with zero attached hydrogens (tertiary/aromatic N) is 1. The SMILES string of the molecule is CCOC(=O)CCN(CCCOC(C)C)C(=O)Cc1ccccc1. The molecule has 0 unspecified atom stereocenters. The number of carbonyl (C=O) groups is 2. The highest BCUT2D eigenvalue weighted by Crippen LogP contribution is 2.06. The van der Waals surface area contributed by atoms with E-state index in [0.29, 0.717) is 32.7 Å². The predicted molar refractivity (Wildman–Crippen MR) is 93.7 cm³/mol. The van der Waals surface area contributed by atoms with Crippen LogP contribution >= 0.6 is 0 Å². The number of esters is 1. The van der Waals surface area contributed by atoms with Crippen LogP contribution in [-0.4, -0.2) is 49.2 Å². The maximum atomic E-state index is 12.5. The molecule has 0 aliphatic heterocycles. The van der Waals surface area contributed by atoms with Crippen LogP contribution in [0.1, 0.15) is 39.2 Å². The van der Waals surface area contributed by atoms with E-state index in [1.54, 1.807) is 11.8 Å². The van der Waals surface area contributed by atoms with Gasteiger partial charge in [0, 0.05) is 19.7 Å². The molecule has 0 radical (unpaired) electrons. The second-order valence-corrected chi connectivity index (χ2v) is 5.87. The molecule has 1 aromatic rings. The summed E-state index contributed by atoms with van der Waals surface area (Å²) in [7, 11) is 0. The smallest absolute Gasteiger partial charge is 0.307 e. The predicted octanol–water partition coefficient (Wildman–Crippen LogP) is 2.83. The summed E-state index contributed by atoms with van der Waals surface area (Å²) in [5.74, 6) is -0.247. The molecule has 5 nitrogen and oxygen atoms in total. The molecule has 1 rings (SSSR count). The zero-order valence-electron chi connectivity index (χ0n) is 15.0. The number of carbonyl (C=O) groups excluding carboxylic acids is 2. The Morgan fingerprint density at radius 3 is 2.46 bits per heavy atom. The Morgan fingerprint density at radius 1 is 1.12 bits per heavy atom. The quantitative estimate of drug-likeness (QED) is 0.461. The van der Waals surface area contributed by atoms with Gasteiger partial charge in [-0.25, -0.2) is 0 Å².